The predicted octanol–water partition coefficient (Wildman–Crippen LogP) is 4.23. The molecule has 3 amide bonds. The first-order valence-corrected chi connectivity index (χ1v) is 16.1. The van der Waals surface area contributed by atoms with Gasteiger partial charge in [0.05, 0.1) is 13.2 Å². The van der Waals surface area contributed by atoms with Crippen molar-refractivity contribution in [2.75, 3.05) is 49.2 Å². The van der Waals surface area contributed by atoms with Gasteiger partial charge in [-0.05, 0) is 83.1 Å². The van der Waals surface area contributed by atoms with Crippen LogP contribution in [0, 0.1) is 0 Å². The second-order valence-corrected chi connectivity index (χ2v) is 12.2. The van der Waals surface area contributed by atoms with Crippen LogP contribution < -0.4 is 20.4 Å². The minimum Gasteiger partial charge on any atom is -0.378 e. The number of morpholine rings is 1. The average molecular weight is 675 g/mol. The second-order valence-electron chi connectivity index (χ2n) is 11.4. The molecule has 1 saturated heterocycles. The summed E-state index contributed by atoms with van der Waals surface area (Å²) in [7, 11) is 0. The van der Waals surface area contributed by atoms with E-state index in [1.807, 2.05) is 41.3 Å². The highest BCUT2D eigenvalue weighted by atomic mass is 79.9. The van der Waals surface area contributed by atoms with Gasteiger partial charge in [0, 0.05) is 62.8 Å². The van der Waals surface area contributed by atoms with Crippen LogP contribution >= 0.6 is 15.9 Å². The molecule has 2 aliphatic rings. The smallest absolute Gasteiger partial charge is 0.271 e. The van der Waals surface area contributed by atoms with Crippen molar-refractivity contribution in [3.05, 3.63) is 76.3 Å². The Kier molecular flexibility index (Phi) is 9.13. The van der Waals surface area contributed by atoms with E-state index in [0.29, 0.717) is 73.1 Å². The summed E-state index contributed by atoms with van der Waals surface area (Å²) < 4.78 is 7.91. The number of halogens is 1. The summed E-state index contributed by atoms with van der Waals surface area (Å²) in [5.41, 5.74) is 5.71. The predicted molar refractivity (Wildman–Crippen MR) is 176 cm³/mol. The number of nitrogens with one attached hydrogen (secondary N) is 2. The molecule has 234 valence electrons. The maximum atomic E-state index is 12.8. The van der Waals surface area contributed by atoms with Crippen LogP contribution in [-0.4, -0.2) is 77.5 Å². The van der Waals surface area contributed by atoms with Crippen molar-refractivity contribution in [3.63, 3.8) is 0 Å². The molecule has 0 spiro atoms. The van der Waals surface area contributed by atoms with Crippen LogP contribution in [0.1, 0.15) is 53.1 Å². The molecule has 2 aromatic heterocycles. The molecular formula is C33H36BrN7O4. The number of hydrogen-bond acceptors (Lipinski definition) is 7. The van der Waals surface area contributed by atoms with Crippen LogP contribution in [0.3, 0.4) is 0 Å². The number of ether oxygens (including phenoxy) is 1. The highest BCUT2D eigenvalue weighted by Gasteiger charge is 2.26. The van der Waals surface area contributed by atoms with Crippen LogP contribution in [0.2, 0.25) is 0 Å². The number of anilines is 2. The number of nitrogens with zero attached hydrogens (tertiary/aromatic N) is 5. The third kappa shape index (κ3) is 6.71. The Morgan fingerprint density at radius 2 is 1.67 bits per heavy atom. The van der Waals surface area contributed by atoms with Crippen molar-refractivity contribution in [1.82, 2.24) is 25.0 Å². The standard InChI is InChI=1S/C33H36BrN7O4/c1-21-4-5-26-18-25(10-11-28(26)41(21)22(2)42)23-6-8-24(9-7-23)32(43)35-12-3-13-36-33(44)27-19-40-20-29(34)38-31(30(40)37-27)39-14-16-45-17-15-39/h6-11,18-21H,3-5,12-17H2,1-2H3,(H,35,43)(H,36,44)/t21-/m0/s1. The fourth-order valence-electron chi connectivity index (χ4n) is 5.96. The molecule has 1 atom stereocenters. The minimum absolute atomic E-state index is 0.0604. The highest BCUT2D eigenvalue weighted by molar-refractivity contribution is 9.10. The molecule has 0 unspecified atom stereocenters. The number of amides is 3. The van der Waals surface area contributed by atoms with Gasteiger partial charge in [-0.15, -0.1) is 0 Å². The minimum atomic E-state index is -0.282. The summed E-state index contributed by atoms with van der Waals surface area (Å²) in [6, 6.07) is 13.9. The van der Waals surface area contributed by atoms with Gasteiger partial charge in [0.2, 0.25) is 5.91 Å². The lowest BCUT2D eigenvalue weighted by Gasteiger charge is -2.34. The second kappa shape index (κ2) is 13.4. The summed E-state index contributed by atoms with van der Waals surface area (Å²) in [4.78, 5) is 50.9. The monoisotopic (exact) mass is 673 g/mol. The summed E-state index contributed by atoms with van der Waals surface area (Å²) in [6.07, 6.45) is 5.91. The van der Waals surface area contributed by atoms with E-state index in [1.54, 1.807) is 23.7 Å². The molecule has 11 nitrogen and oxygen atoms in total. The average Bonchev–Trinajstić information content (AvgIpc) is 3.48. The van der Waals surface area contributed by atoms with Gasteiger partial charge in [-0.1, -0.05) is 18.2 Å². The number of carbonyl (C=O) groups is 3. The quantitative estimate of drug-likeness (QED) is 0.269. The molecule has 6 rings (SSSR count). The summed E-state index contributed by atoms with van der Waals surface area (Å²) in [5, 5.41) is 5.82. The molecular weight excluding hydrogens is 638 g/mol. The van der Waals surface area contributed by atoms with Crippen molar-refractivity contribution < 1.29 is 19.1 Å². The number of hydrogen-bond donors (Lipinski definition) is 2. The van der Waals surface area contributed by atoms with E-state index in [1.165, 1.54) is 5.56 Å². The van der Waals surface area contributed by atoms with Crippen LogP contribution in [0.15, 0.2) is 59.5 Å². The van der Waals surface area contributed by atoms with Gasteiger partial charge < -0.3 is 29.6 Å². The van der Waals surface area contributed by atoms with Crippen LogP contribution in [0.5, 0.6) is 0 Å². The van der Waals surface area contributed by atoms with Crippen molar-refractivity contribution >= 4 is 50.8 Å². The normalized spacial score (nSPS) is 16.4. The number of rotatable bonds is 8. The van der Waals surface area contributed by atoms with Gasteiger partial charge in [-0.3, -0.25) is 14.4 Å². The van der Waals surface area contributed by atoms with E-state index in [-0.39, 0.29) is 23.8 Å². The molecule has 2 aromatic carbocycles. The summed E-state index contributed by atoms with van der Waals surface area (Å²) in [6.45, 7) is 7.16. The topological polar surface area (TPSA) is 121 Å². The molecule has 12 heteroatoms. The molecule has 45 heavy (non-hydrogen) atoms. The Balaban J connectivity index is 0.997. The first kappa shape index (κ1) is 30.7. The molecule has 1 fully saturated rings. The first-order valence-electron chi connectivity index (χ1n) is 15.3. The maximum absolute atomic E-state index is 12.8. The molecule has 0 aliphatic carbocycles. The number of fused-ring (bicyclic) bond motifs is 2. The zero-order valence-electron chi connectivity index (χ0n) is 25.4. The van der Waals surface area contributed by atoms with E-state index in [9.17, 15) is 14.4 Å². The Bertz CT molecular complexity index is 1730. The molecule has 4 heterocycles. The third-order valence-corrected chi connectivity index (χ3v) is 8.67. The first-order chi connectivity index (χ1) is 21.8. The molecule has 4 aromatic rings. The van der Waals surface area contributed by atoms with Crippen molar-refractivity contribution in [2.24, 2.45) is 0 Å². The summed E-state index contributed by atoms with van der Waals surface area (Å²) in [5.74, 6) is 0.319. The lowest BCUT2D eigenvalue weighted by atomic mass is 9.93. The van der Waals surface area contributed by atoms with E-state index >= 15 is 0 Å². The summed E-state index contributed by atoms with van der Waals surface area (Å²) >= 11 is 3.45. The Morgan fingerprint density at radius 3 is 2.40 bits per heavy atom. The van der Waals surface area contributed by atoms with E-state index in [0.717, 1.165) is 29.7 Å². The van der Waals surface area contributed by atoms with Crippen LogP contribution in [-0.2, 0) is 16.0 Å². The maximum Gasteiger partial charge on any atom is 0.271 e. The number of imidazole rings is 1. The molecule has 2 N–H and O–H groups in total. The van der Waals surface area contributed by atoms with Gasteiger partial charge >= 0.3 is 0 Å². The Morgan fingerprint density at radius 1 is 0.956 bits per heavy atom. The van der Waals surface area contributed by atoms with Gasteiger partial charge in [-0.2, -0.15) is 0 Å². The van der Waals surface area contributed by atoms with E-state index in [2.05, 4.69) is 54.4 Å². The Labute approximate surface area is 270 Å². The largest absolute Gasteiger partial charge is 0.378 e. The number of aromatic nitrogens is 3. The van der Waals surface area contributed by atoms with Crippen LogP contribution in [0.4, 0.5) is 11.5 Å². The molecule has 0 saturated carbocycles. The lowest BCUT2D eigenvalue weighted by molar-refractivity contribution is -0.117. The highest BCUT2D eigenvalue weighted by Crippen LogP contribution is 2.34. The third-order valence-electron chi connectivity index (χ3n) is 8.29. The molecule has 0 radical (unpaired) electrons. The number of benzene rings is 2. The zero-order chi connectivity index (χ0) is 31.5. The van der Waals surface area contributed by atoms with Crippen LogP contribution in [0.25, 0.3) is 16.8 Å². The lowest BCUT2D eigenvalue weighted by Crippen LogP contribution is -2.40. The van der Waals surface area contributed by atoms with Gasteiger partial charge in [0.25, 0.3) is 11.8 Å². The Hall–Kier alpha value is -4.29. The SMILES string of the molecule is CC(=O)N1c2ccc(-c3ccc(C(=O)NCCCNC(=O)c4cn5cc(Br)nc(N6CCOCC6)c5n4)cc3)cc2CC[C@@H]1C. The molecule has 2 aliphatic heterocycles. The zero-order valence-corrected chi connectivity index (χ0v) is 27.0. The van der Waals surface area contributed by atoms with E-state index < -0.39 is 0 Å². The number of aryl methyl sites for hydroxylation is 1. The number of carbonyl (C=O) groups excluding carboxylic acids is 3. The van der Waals surface area contributed by atoms with Crippen molar-refractivity contribution in [2.45, 2.75) is 39.2 Å². The van der Waals surface area contributed by atoms with Gasteiger partial charge in [0.1, 0.15) is 10.3 Å². The fourth-order valence-corrected chi connectivity index (χ4v) is 6.35. The fraction of sp³-hybridized carbons (Fsp3) is 0.364. The van der Waals surface area contributed by atoms with Crippen molar-refractivity contribution in [1.29, 1.82) is 0 Å². The van der Waals surface area contributed by atoms with Gasteiger partial charge in [-0.25, -0.2) is 9.97 Å². The molecule has 0 bridgehead atoms. The van der Waals surface area contributed by atoms with E-state index in [4.69, 9.17) is 4.74 Å². The van der Waals surface area contributed by atoms with Gasteiger partial charge in [0.15, 0.2) is 11.5 Å². The van der Waals surface area contributed by atoms with Crippen molar-refractivity contribution in [3.8, 4) is 11.1 Å².